The lowest BCUT2D eigenvalue weighted by molar-refractivity contribution is 0.162. The minimum absolute atomic E-state index is 0.187. The van der Waals surface area contributed by atoms with Gasteiger partial charge in [-0.2, -0.15) is 5.10 Å². The molecule has 38 heavy (non-hydrogen) atoms. The average molecular weight is 506 g/mol. The number of piperidine rings is 1. The number of aromatic nitrogens is 6. The smallest absolute Gasteiger partial charge is 0.161 e. The van der Waals surface area contributed by atoms with E-state index < -0.39 is 0 Å². The Balaban J connectivity index is 1.26. The maximum Gasteiger partial charge on any atom is 0.161 e. The molecule has 9 heteroatoms. The maximum atomic E-state index is 14.6. The number of rotatable bonds is 5. The number of nitrogens with one attached hydrogen (secondary N) is 3. The van der Waals surface area contributed by atoms with Crippen molar-refractivity contribution in [3.8, 4) is 39.7 Å². The lowest BCUT2D eigenvalue weighted by atomic mass is 10.0. The molecule has 4 aromatic heterocycles. The summed E-state index contributed by atoms with van der Waals surface area (Å²) < 4.78 is 20.8. The van der Waals surface area contributed by atoms with Gasteiger partial charge in [0.2, 0.25) is 0 Å². The second kappa shape index (κ2) is 9.35. The summed E-state index contributed by atoms with van der Waals surface area (Å²) in [5.74, 6) is 1.00. The highest BCUT2D eigenvalue weighted by molar-refractivity contribution is 5.96. The van der Waals surface area contributed by atoms with Gasteiger partial charge >= 0.3 is 0 Å². The number of hydrogen-bond donors (Lipinski definition) is 3. The highest BCUT2D eigenvalue weighted by Gasteiger charge is 2.19. The number of imidazole rings is 1. The minimum Gasteiger partial charge on any atom is -0.489 e. The topological polar surface area (TPSA) is 104 Å². The van der Waals surface area contributed by atoms with Crippen LogP contribution in [0.5, 0.6) is 5.75 Å². The van der Waals surface area contributed by atoms with Crippen LogP contribution in [0.1, 0.15) is 12.8 Å². The Labute approximate surface area is 217 Å². The molecular formula is C29H24FN7O. The molecule has 2 aromatic carbocycles. The Morgan fingerprint density at radius 1 is 0.842 bits per heavy atom. The molecular weight excluding hydrogens is 481 g/mol. The molecule has 0 amide bonds. The number of benzene rings is 2. The van der Waals surface area contributed by atoms with Crippen molar-refractivity contribution in [1.29, 1.82) is 0 Å². The molecule has 7 rings (SSSR count). The van der Waals surface area contributed by atoms with Gasteiger partial charge in [0.25, 0.3) is 0 Å². The molecule has 6 aromatic rings. The van der Waals surface area contributed by atoms with E-state index in [4.69, 9.17) is 14.7 Å². The number of nitrogens with zero attached hydrogens (tertiary/aromatic N) is 4. The molecule has 3 N–H and O–H groups in total. The molecule has 0 aliphatic carbocycles. The first kappa shape index (κ1) is 22.6. The summed E-state index contributed by atoms with van der Waals surface area (Å²) in [4.78, 5) is 17.5. The van der Waals surface area contributed by atoms with Crippen molar-refractivity contribution in [1.82, 2.24) is 35.5 Å². The predicted octanol–water partition coefficient (Wildman–Crippen LogP) is 5.50. The number of fused-ring (bicyclic) bond motifs is 2. The van der Waals surface area contributed by atoms with Gasteiger partial charge < -0.3 is 15.0 Å². The molecule has 0 spiro atoms. The first-order valence-corrected chi connectivity index (χ1v) is 12.6. The first-order valence-electron chi connectivity index (χ1n) is 12.6. The van der Waals surface area contributed by atoms with E-state index in [-0.39, 0.29) is 11.9 Å². The molecule has 1 fully saturated rings. The summed E-state index contributed by atoms with van der Waals surface area (Å²) in [5, 5.41) is 10.9. The van der Waals surface area contributed by atoms with Crippen LogP contribution in [0.3, 0.4) is 0 Å². The molecule has 1 aliphatic rings. The van der Waals surface area contributed by atoms with E-state index in [0.29, 0.717) is 33.7 Å². The third kappa shape index (κ3) is 4.06. The lowest BCUT2D eigenvalue weighted by Gasteiger charge is -2.23. The van der Waals surface area contributed by atoms with E-state index in [2.05, 4.69) is 25.5 Å². The Kier molecular flexibility index (Phi) is 5.55. The van der Waals surface area contributed by atoms with Crippen molar-refractivity contribution in [2.24, 2.45) is 0 Å². The van der Waals surface area contributed by atoms with Gasteiger partial charge in [0.1, 0.15) is 23.2 Å². The van der Waals surface area contributed by atoms with Crippen molar-refractivity contribution in [3.05, 3.63) is 78.9 Å². The summed E-state index contributed by atoms with van der Waals surface area (Å²) >= 11 is 0. The van der Waals surface area contributed by atoms with Gasteiger partial charge in [0, 0.05) is 22.9 Å². The van der Waals surface area contributed by atoms with Crippen molar-refractivity contribution >= 4 is 22.1 Å². The number of ether oxygens (including phenoxy) is 1. The molecule has 0 radical (unpaired) electrons. The van der Waals surface area contributed by atoms with E-state index in [1.54, 1.807) is 24.5 Å². The van der Waals surface area contributed by atoms with Crippen LogP contribution < -0.4 is 10.1 Å². The van der Waals surface area contributed by atoms with Gasteiger partial charge in [-0.25, -0.2) is 14.4 Å². The van der Waals surface area contributed by atoms with E-state index in [1.165, 1.54) is 6.07 Å². The first-order chi connectivity index (χ1) is 18.7. The molecule has 5 heterocycles. The van der Waals surface area contributed by atoms with Crippen LogP contribution in [0.15, 0.2) is 73.1 Å². The molecule has 8 nitrogen and oxygen atoms in total. The second-order valence-electron chi connectivity index (χ2n) is 9.41. The third-order valence-corrected chi connectivity index (χ3v) is 6.91. The van der Waals surface area contributed by atoms with Crippen molar-refractivity contribution < 1.29 is 9.13 Å². The minimum atomic E-state index is -0.291. The molecule has 1 saturated heterocycles. The monoisotopic (exact) mass is 505 g/mol. The Morgan fingerprint density at radius 3 is 2.61 bits per heavy atom. The van der Waals surface area contributed by atoms with Gasteiger partial charge in [-0.15, -0.1) is 0 Å². The van der Waals surface area contributed by atoms with E-state index in [0.717, 1.165) is 54.0 Å². The van der Waals surface area contributed by atoms with Crippen LogP contribution in [-0.4, -0.2) is 49.3 Å². The molecule has 0 bridgehead atoms. The number of aromatic amines is 2. The Hall–Kier alpha value is -4.63. The SMILES string of the molecule is Fc1ccccc1-c1cccc2[nH]c(-c3n[nH]c4ccc(-c5cncc(OC6CCNCC6)c5)nc34)nc12. The van der Waals surface area contributed by atoms with Crippen LogP contribution in [-0.2, 0) is 0 Å². The average Bonchev–Trinajstić information content (AvgIpc) is 3.58. The fourth-order valence-electron chi connectivity index (χ4n) is 5.00. The Morgan fingerprint density at radius 2 is 1.71 bits per heavy atom. The molecule has 0 unspecified atom stereocenters. The summed E-state index contributed by atoms with van der Waals surface area (Å²) in [6, 6.07) is 18.2. The quantitative estimate of drug-likeness (QED) is 0.286. The van der Waals surface area contributed by atoms with Gasteiger partial charge in [-0.3, -0.25) is 10.1 Å². The van der Waals surface area contributed by atoms with Crippen molar-refractivity contribution in [2.75, 3.05) is 13.1 Å². The van der Waals surface area contributed by atoms with Gasteiger partial charge in [-0.05, 0) is 56.3 Å². The van der Waals surface area contributed by atoms with Crippen molar-refractivity contribution in [3.63, 3.8) is 0 Å². The van der Waals surface area contributed by atoms with Gasteiger partial charge in [0.05, 0.1) is 28.4 Å². The zero-order chi connectivity index (χ0) is 25.5. The molecule has 1 aliphatic heterocycles. The zero-order valence-electron chi connectivity index (χ0n) is 20.4. The number of H-pyrrole nitrogens is 2. The Bertz CT molecular complexity index is 1770. The maximum absolute atomic E-state index is 14.6. The summed E-state index contributed by atoms with van der Waals surface area (Å²) in [7, 11) is 0. The highest BCUT2D eigenvalue weighted by atomic mass is 19.1. The number of para-hydroxylation sites is 1. The van der Waals surface area contributed by atoms with Crippen LogP contribution in [0, 0.1) is 5.82 Å². The second-order valence-corrected chi connectivity index (χ2v) is 9.41. The number of pyridine rings is 2. The number of halogens is 1. The summed E-state index contributed by atoms with van der Waals surface area (Å²) in [6.07, 6.45) is 5.66. The van der Waals surface area contributed by atoms with Crippen molar-refractivity contribution in [2.45, 2.75) is 18.9 Å². The lowest BCUT2D eigenvalue weighted by Crippen LogP contribution is -2.34. The van der Waals surface area contributed by atoms with Crippen LogP contribution in [0.2, 0.25) is 0 Å². The summed E-state index contributed by atoms with van der Waals surface area (Å²) in [6.45, 7) is 1.92. The van der Waals surface area contributed by atoms with E-state index in [9.17, 15) is 4.39 Å². The largest absolute Gasteiger partial charge is 0.489 e. The van der Waals surface area contributed by atoms with E-state index >= 15 is 0 Å². The highest BCUT2D eigenvalue weighted by Crippen LogP contribution is 2.33. The summed E-state index contributed by atoms with van der Waals surface area (Å²) in [5.41, 5.74) is 6.35. The van der Waals surface area contributed by atoms with Crippen LogP contribution >= 0.6 is 0 Å². The normalized spacial score (nSPS) is 14.3. The molecule has 188 valence electrons. The molecule has 0 saturated carbocycles. The fraction of sp³-hybridized carbons (Fsp3) is 0.172. The van der Waals surface area contributed by atoms with Gasteiger partial charge in [-0.1, -0.05) is 30.3 Å². The standard InChI is InChI=1S/C29H24FN7O/c30-22-6-2-1-4-20(22)21-5-3-7-24-26(21)35-29(34-24)28-27-25(36-37-28)9-8-23(33-27)17-14-19(16-32-15-17)38-18-10-12-31-13-11-18/h1-9,14-16,18,31H,10-13H2,(H,34,35)(H,36,37). The van der Waals surface area contributed by atoms with Crippen LogP contribution in [0.4, 0.5) is 4.39 Å². The zero-order valence-corrected chi connectivity index (χ0v) is 20.4. The van der Waals surface area contributed by atoms with Crippen LogP contribution in [0.25, 0.3) is 56.0 Å². The van der Waals surface area contributed by atoms with Gasteiger partial charge in [0.15, 0.2) is 11.5 Å². The predicted molar refractivity (Wildman–Crippen MR) is 144 cm³/mol. The van der Waals surface area contributed by atoms with E-state index in [1.807, 2.05) is 42.5 Å². The molecule has 0 atom stereocenters. The fourth-order valence-corrected chi connectivity index (χ4v) is 5.00. The third-order valence-electron chi connectivity index (χ3n) is 6.91. The number of hydrogen-bond acceptors (Lipinski definition) is 6.